The van der Waals surface area contributed by atoms with Gasteiger partial charge in [-0.1, -0.05) is 37.6 Å². The van der Waals surface area contributed by atoms with Gasteiger partial charge in [0.05, 0.1) is 6.54 Å². The van der Waals surface area contributed by atoms with Crippen molar-refractivity contribution in [3.8, 4) is 11.5 Å². The maximum Gasteiger partial charge on any atom is 0.251 e. The van der Waals surface area contributed by atoms with Crippen LogP contribution in [0, 0.1) is 0 Å². The minimum Gasteiger partial charge on any atom is -0.490 e. The van der Waals surface area contributed by atoms with E-state index in [-0.39, 0.29) is 18.4 Å². The van der Waals surface area contributed by atoms with E-state index in [0.29, 0.717) is 42.4 Å². The average molecular weight is 462 g/mol. The van der Waals surface area contributed by atoms with Crippen molar-refractivity contribution in [3.63, 3.8) is 0 Å². The fourth-order valence-electron chi connectivity index (χ4n) is 3.11. The first-order chi connectivity index (χ1) is 16.6. The van der Waals surface area contributed by atoms with Gasteiger partial charge in [-0.3, -0.25) is 9.59 Å². The van der Waals surface area contributed by atoms with Crippen molar-refractivity contribution in [2.75, 3.05) is 36.9 Å². The van der Waals surface area contributed by atoms with E-state index >= 15 is 0 Å². The maximum absolute atomic E-state index is 12.3. The van der Waals surface area contributed by atoms with Crippen LogP contribution in [0.3, 0.4) is 0 Å². The molecule has 0 fully saturated rings. The van der Waals surface area contributed by atoms with E-state index in [9.17, 15) is 9.59 Å². The Morgan fingerprint density at radius 3 is 2.21 bits per heavy atom. The highest BCUT2D eigenvalue weighted by Crippen LogP contribution is 2.16. The summed E-state index contributed by atoms with van der Waals surface area (Å²) in [6.45, 7) is 3.67. The summed E-state index contributed by atoms with van der Waals surface area (Å²) in [5, 5.41) is 8.78. The molecule has 0 aromatic heterocycles. The van der Waals surface area contributed by atoms with Gasteiger partial charge in [-0.25, -0.2) is 0 Å². The molecule has 0 saturated carbocycles. The molecular formula is C27H31N3O4. The summed E-state index contributed by atoms with van der Waals surface area (Å²) in [5.74, 6) is 1.19. The lowest BCUT2D eigenvalue weighted by Gasteiger charge is -2.11. The zero-order chi connectivity index (χ0) is 24.0. The summed E-state index contributed by atoms with van der Waals surface area (Å²) in [6.07, 6.45) is 1.97. The highest BCUT2D eigenvalue weighted by atomic mass is 16.5. The molecule has 3 rings (SSSR count). The fraction of sp³-hybridized carbons (Fsp3) is 0.259. The number of nitrogens with one attached hydrogen (secondary N) is 3. The number of anilines is 2. The van der Waals surface area contributed by atoms with Gasteiger partial charge in [-0.05, 0) is 61.0 Å². The average Bonchev–Trinajstić information content (AvgIpc) is 2.87. The Labute approximate surface area is 200 Å². The molecule has 0 aliphatic rings. The van der Waals surface area contributed by atoms with Gasteiger partial charge >= 0.3 is 0 Å². The number of rotatable bonds is 13. The van der Waals surface area contributed by atoms with Crippen LogP contribution in [0.25, 0.3) is 0 Å². The topological polar surface area (TPSA) is 88.7 Å². The zero-order valence-electron chi connectivity index (χ0n) is 19.4. The largest absolute Gasteiger partial charge is 0.490 e. The van der Waals surface area contributed by atoms with Crippen molar-refractivity contribution in [2.45, 2.75) is 19.8 Å². The van der Waals surface area contributed by atoms with E-state index < -0.39 is 0 Å². The summed E-state index contributed by atoms with van der Waals surface area (Å²) in [6, 6.07) is 23.8. The highest BCUT2D eigenvalue weighted by molar-refractivity contribution is 5.96. The quantitative estimate of drug-likeness (QED) is 0.321. The molecule has 3 N–H and O–H groups in total. The van der Waals surface area contributed by atoms with E-state index in [4.69, 9.17) is 9.47 Å². The summed E-state index contributed by atoms with van der Waals surface area (Å²) >= 11 is 0. The number of ether oxygens (including phenoxy) is 2. The predicted octanol–water partition coefficient (Wildman–Crippen LogP) is 4.72. The molecule has 0 aliphatic carbocycles. The van der Waals surface area contributed by atoms with Gasteiger partial charge in [0, 0.05) is 23.5 Å². The van der Waals surface area contributed by atoms with Crippen molar-refractivity contribution < 1.29 is 19.1 Å². The van der Waals surface area contributed by atoms with E-state index in [2.05, 4.69) is 22.9 Å². The van der Waals surface area contributed by atoms with E-state index in [0.717, 1.165) is 18.6 Å². The van der Waals surface area contributed by atoms with Crippen molar-refractivity contribution in [2.24, 2.45) is 0 Å². The Hall–Kier alpha value is -4.00. The van der Waals surface area contributed by atoms with Crippen LogP contribution in [0.15, 0.2) is 78.9 Å². The number of amides is 2. The summed E-state index contributed by atoms with van der Waals surface area (Å²) in [4.78, 5) is 24.5. The normalized spacial score (nSPS) is 10.3. The van der Waals surface area contributed by atoms with E-state index in [1.54, 1.807) is 42.5 Å². The van der Waals surface area contributed by atoms with Crippen LogP contribution in [0.1, 0.15) is 30.1 Å². The lowest BCUT2D eigenvalue weighted by Crippen LogP contribution is -2.25. The molecule has 34 heavy (non-hydrogen) atoms. The minimum absolute atomic E-state index is 0.0793. The van der Waals surface area contributed by atoms with Crippen LogP contribution in [-0.4, -0.2) is 38.1 Å². The molecule has 0 atom stereocenters. The lowest BCUT2D eigenvalue weighted by molar-refractivity contribution is -0.114. The predicted molar refractivity (Wildman–Crippen MR) is 135 cm³/mol. The van der Waals surface area contributed by atoms with Gasteiger partial charge in [0.1, 0.15) is 24.7 Å². The summed E-state index contributed by atoms with van der Waals surface area (Å²) < 4.78 is 11.3. The molecular weight excluding hydrogens is 430 g/mol. The number of unbranched alkanes of at least 4 members (excludes halogenated alkanes) is 1. The first-order valence-corrected chi connectivity index (χ1v) is 11.5. The van der Waals surface area contributed by atoms with Crippen molar-refractivity contribution >= 4 is 23.2 Å². The Kier molecular flexibility index (Phi) is 9.80. The Morgan fingerprint density at radius 2 is 1.50 bits per heavy atom. The number of hydrogen-bond donors (Lipinski definition) is 3. The second-order valence-corrected chi connectivity index (χ2v) is 7.63. The second-order valence-electron chi connectivity index (χ2n) is 7.63. The monoisotopic (exact) mass is 461 g/mol. The van der Waals surface area contributed by atoms with E-state index in [1.165, 1.54) is 0 Å². The summed E-state index contributed by atoms with van der Waals surface area (Å²) in [5.41, 5.74) is 1.94. The zero-order valence-corrected chi connectivity index (χ0v) is 19.4. The van der Waals surface area contributed by atoms with Gasteiger partial charge in [-0.15, -0.1) is 0 Å². The molecule has 3 aromatic carbocycles. The number of para-hydroxylation sites is 1. The number of carbonyl (C=O) groups is 2. The van der Waals surface area contributed by atoms with Crippen LogP contribution < -0.4 is 25.4 Å². The maximum atomic E-state index is 12.3. The fourth-order valence-corrected chi connectivity index (χ4v) is 3.11. The van der Waals surface area contributed by atoms with Crippen LogP contribution in [-0.2, 0) is 4.79 Å². The standard InChI is InChI=1S/C27H31N3O4/c1-2-3-16-28-27(32)21-8-7-9-23(19-21)29-20-26(31)30-22-12-14-25(15-13-22)34-18-17-33-24-10-5-4-6-11-24/h4-15,19,29H,2-3,16-18,20H2,1H3,(H,28,32)(H,30,31). The van der Waals surface area contributed by atoms with E-state index in [1.807, 2.05) is 36.4 Å². The molecule has 0 bridgehead atoms. The third kappa shape index (κ3) is 8.50. The smallest absolute Gasteiger partial charge is 0.251 e. The molecule has 0 unspecified atom stereocenters. The van der Waals surface area contributed by atoms with Crippen molar-refractivity contribution in [1.29, 1.82) is 0 Å². The third-order valence-electron chi connectivity index (χ3n) is 4.90. The van der Waals surface area contributed by atoms with Crippen LogP contribution in [0.2, 0.25) is 0 Å². The molecule has 0 spiro atoms. The molecule has 0 radical (unpaired) electrons. The van der Waals surface area contributed by atoms with Crippen LogP contribution in [0.5, 0.6) is 11.5 Å². The molecule has 3 aromatic rings. The number of hydrogen-bond acceptors (Lipinski definition) is 5. The molecule has 178 valence electrons. The Bertz CT molecular complexity index is 1040. The minimum atomic E-state index is -0.192. The second kappa shape index (κ2) is 13.5. The molecule has 7 heteroatoms. The molecule has 7 nitrogen and oxygen atoms in total. The summed E-state index contributed by atoms with van der Waals surface area (Å²) in [7, 11) is 0. The SMILES string of the molecule is CCCCNC(=O)c1cccc(NCC(=O)Nc2ccc(OCCOc3ccccc3)cc2)c1. The van der Waals surface area contributed by atoms with Gasteiger partial charge < -0.3 is 25.4 Å². The molecule has 2 amide bonds. The number of carbonyl (C=O) groups excluding carboxylic acids is 2. The Morgan fingerprint density at radius 1 is 0.794 bits per heavy atom. The molecule has 0 saturated heterocycles. The van der Waals surface area contributed by atoms with Crippen molar-refractivity contribution in [3.05, 3.63) is 84.4 Å². The van der Waals surface area contributed by atoms with Gasteiger partial charge in [0.2, 0.25) is 5.91 Å². The van der Waals surface area contributed by atoms with Crippen LogP contribution >= 0.6 is 0 Å². The van der Waals surface area contributed by atoms with Crippen molar-refractivity contribution in [1.82, 2.24) is 5.32 Å². The first kappa shape index (κ1) is 24.6. The van der Waals surface area contributed by atoms with Gasteiger partial charge in [0.25, 0.3) is 5.91 Å². The molecule has 0 heterocycles. The Balaban J connectivity index is 1.38. The third-order valence-corrected chi connectivity index (χ3v) is 4.90. The highest BCUT2D eigenvalue weighted by Gasteiger charge is 2.07. The van der Waals surface area contributed by atoms with Gasteiger partial charge in [-0.2, -0.15) is 0 Å². The van der Waals surface area contributed by atoms with Crippen LogP contribution in [0.4, 0.5) is 11.4 Å². The number of benzene rings is 3. The lowest BCUT2D eigenvalue weighted by atomic mass is 10.2. The van der Waals surface area contributed by atoms with Gasteiger partial charge in [0.15, 0.2) is 0 Å². The first-order valence-electron chi connectivity index (χ1n) is 11.5. The molecule has 0 aliphatic heterocycles.